The zero-order valence-corrected chi connectivity index (χ0v) is 19.0. The molecule has 0 bridgehead atoms. The quantitative estimate of drug-likeness (QED) is 0.317. The van der Waals surface area contributed by atoms with Gasteiger partial charge in [-0.05, 0) is 75.1 Å². The summed E-state index contributed by atoms with van der Waals surface area (Å²) in [7, 11) is 2.09. The summed E-state index contributed by atoms with van der Waals surface area (Å²) >= 11 is 0. The van der Waals surface area contributed by atoms with Crippen LogP contribution in [0.3, 0.4) is 0 Å². The fraction of sp³-hybridized carbons (Fsp3) is 0.750. The average molecular weight is 446 g/mol. The second-order valence-corrected chi connectivity index (χ2v) is 10.3. The van der Waals surface area contributed by atoms with Gasteiger partial charge in [0.15, 0.2) is 0 Å². The average Bonchev–Trinajstić information content (AvgIpc) is 3.21. The van der Waals surface area contributed by atoms with E-state index in [1.165, 1.54) is 55.5 Å². The van der Waals surface area contributed by atoms with Crippen LogP contribution in [0, 0.1) is 5.92 Å². The fourth-order valence-corrected chi connectivity index (χ4v) is 5.67. The lowest BCUT2D eigenvalue weighted by Crippen LogP contribution is -2.48. The van der Waals surface area contributed by atoms with Crippen molar-refractivity contribution in [2.45, 2.75) is 87.6 Å². The van der Waals surface area contributed by atoms with Gasteiger partial charge in [-0.15, -0.1) is 0 Å². The largest absolute Gasteiger partial charge is 0.387 e. The van der Waals surface area contributed by atoms with E-state index in [0.717, 1.165) is 18.3 Å². The molecule has 178 valence electrons. The summed E-state index contributed by atoms with van der Waals surface area (Å²) in [6.45, 7) is 0.821. The van der Waals surface area contributed by atoms with Gasteiger partial charge in [0.1, 0.15) is 24.5 Å². The molecule has 1 aromatic rings. The number of aliphatic hydroxyl groups excluding tert-OH is 2. The molecule has 5 rings (SSSR count). The van der Waals surface area contributed by atoms with Crippen LogP contribution in [0.15, 0.2) is 18.2 Å². The molecule has 2 saturated carbocycles. The van der Waals surface area contributed by atoms with E-state index in [-0.39, 0.29) is 6.67 Å². The Morgan fingerprint density at radius 1 is 1.12 bits per heavy atom. The lowest BCUT2D eigenvalue weighted by Gasteiger charge is -2.42. The zero-order valence-electron chi connectivity index (χ0n) is 19.0. The smallest absolute Gasteiger partial charge is 0.138 e. The van der Waals surface area contributed by atoms with Crippen LogP contribution in [0.25, 0.3) is 0 Å². The Morgan fingerprint density at radius 3 is 2.62 bits per heavy atom. The molecular weight excluding hydrogens is 406 g/mol. The number of anilines is 2. The van der Waals surface area contributed by atoms with Gasteiger partial charge in [-0.2, -0.15) is 0 Å². The molecule has 0 amide bonds. The van der Waals surface area contributed by atoms with Crippen molar-refractivity contribution in [3.8, 4) is 0 Å². The molecule has 8 nitrogen and oxygen atoms in total. The first-order valence-corrected chi connectivity index (χ1v) is 12.3. The first-order chi connectivity index (χ1) is 15.5. The van der Waals surface area contributed by atoms with Crippen LogP contribution in [0.1, 0.15) is 56.4 Å². The van der Waals surface area contributed by atoms with Crippen molar-refractivity contribution >= 4 is 11.4 Å². The number of nitrogens with one attached hydrogen (secondary N) is 3. The Bertz CT molecular complexity index is 785. The van der Waals surface area contributed by atoms with Crippen LogP contribution >= 0.6 is 0 Å². The number of aliphatic hydroxyl groups is 2. The van der Waals surface area contributed by atoms with Gasteiger partial charge in [-0.3, -0.25) is 5.32 Å². The predicted molar refractivity (Wildman–Crippen MR) is 125 cm³/mol. The standard InChI is InChI=1S/C24H39N5O3/c1-29(12-20-22(30)23(31)24(32-20)26-13-25)17-9-14(10-17)5-8-21-27-18-7-6-16(11-19(18)28-21)15-3-2-4-15/h6-7,11,14-15,17,20-24,26-28,30-31H,2-5,8-10,12-13,25H2,1H3/t14-,17+,20-,21?,22-,23-,24-/m1/s1. The van der Waals surface area contributed by atoms with Crippen molar-refractivity contribution in [1.82, 2.24) is 10.2 Å². The maximum absolute atomic E-state index is 10.3. The number of hydrogen-bond acceptors (Lipinski definition) is 8. The van der Waals surface area contributed by atoms with Crippen molar-refractivity contribution in [1.29, 1.82) is 0 Å². The molecule has 2 aliphatic heterocycles. The highest BCUT2D eigenvalue weighted by Gasteiger charge is 2.44. The zero-order chi connectivity index (χ0) is 22.2. The lowest BCUT2D eigenvalue weighted by atomic mass is 9.76. The Morgan fingerprint density at radius 2 is 1.91 bits per heavy atom. The summed E-state index contributed by atoms with van der Waals surface area (Å²) in [6.07, 6.45) is 6.25. The predicted octanol–water partition coefficient (Wildman–Crippen LogP) is 1.56. The molecule has 1 unspecified atom stereocenters. The molecule has 0 spiro atoms. The molecule has 2 heterocycles. The number of nitrogens with two attached hydrogens (primary N) is 1. The van der Waals surface area contributed by atoms with E-state index in [9.17, 15) is 10.2 Å². The van der Waals surface area contributed by atoms with Crippen LogP contribution in [0.5, 0.6) is 0 Å². The van der Waals surface area contributed by atoms with Crippen molar-refractivity contribution in [3.05, 3.63) is 23.8 Å². The second-order valence-electron chi connectivity index (χ2n) is 10.3. The summed E-state index contributed by atoms with van der Waals surface area (Å²) in [5.41, 5.74) is 9.48. The van der Waals surface area contributed by atoms with Gasteiger partial charge in [0, 0.05) is 19.3 Å². The topological polar surface area (TPSA) is 115 Å². The van der Waals surface area contributed by atoms with Gasteiger partial charge < -0.3 is 36.2 Å². The van der Waals surface area contributed by atoms with Crippen LogP contribution in [0.4, 0.5) is 11.4 Å². The third-order valence-corrected chi connectivity index (χ3v) is 8.13. The molecule has 0 aromatic heterocycles. The van der Waals surface area contributed by atoms with Gasteiger partial charge in [0.25, 0.3) is 0 Å². The summed E-state index contributed by atoms with van der Waals surface area (Å²) in [6, 6.07) is 7.41. The Labute approximate surface area is 190 Å². The molecular formula is C24H39N5O3. The molecule has 8 heteroatoms. The normalized spacial score (nSPS) is 36.3. The highest BCUT2D eigenvalue weighted by Crippen LogP contribution is 2.41. The third-order valence-electron chi connectivity index (χ3n) is 8.13. The molecule has 7 N–H and O–H groups in total. The van der Waals surface area contributed by atoms with Gasteiger partial charge in [0.2, 0.25) is 0 Å². The SMILES string of the molecule is CN(C[C@H]1O[C@@H](NCN)[C@H](O)[C@@H]1O)[C@H]1C[C@@H](CCC2Nc3ccc(C4CCC4)cc3N2)C1. The molecule has 3 fully saturated rings. The minimum Gasteiger partial charge on any atom is -0.387 e. The maximum Gasteiger partial charge on any atom is 0.138 e. The minimum atomic E-state index is -0.938. The number of benzene rings is 1. The van der Waals surface area contributed by atoms with Crippen molar-refractivity contribution < 1.29 is 14.9 Å². The minimum absolute atomic E-state index is 0.207. The number of ether oxygens (including phenoxy) is 1. The van der Waals surface area contributed by atoms with Crippen molar-refractivity contribution in [2.24, 2.45) is 11.7 Å². The summed E-state index contributed by atoms with van der Waals surface area (Å²) in [5.74, 6) is 1.51. The fourth-order valence-electron chi connectivity index (χ4n) is 5.67. The second kappa shape index (κ2) is 9.44. The molecule has 1 aromatic carbocycles. The molecule has 0 radical (unpaired) electrons. The number of hydrogen-bond donors (Lipinski definition) is 6. The highest BCUT2D eigenvalue weighted by atomic mass is 16.6. The number of likely N-dealkylation sites (N-methyl/N-ethyl adjacent to an activating group) is 1. The molecule has 4 aliphatic rings. The number of nitrogens with zero attached hydrogens (tertiary/aromatic N) is 1. The van der Waals surface area contributed by atoms with Gasteiger partial charge >= 0.3 is 0 Å². The van der Waals surface area contributed by atoms with Crippen molar-refractivity contribution in [2.75, 3.05) is 30.9 Å². The summed E-state index contributed by atoms with van der Waals surface area (Å²) < 4.78 is 5.77. The van der Waals surface area contributed by atoms with Crippen LogP contribution < -0.4 is 21.7 Å². The number of rotatable bonds is 9. The molecule has 32 heavy (non-hydrogen) atoms. The van der Waals surface area contributed by atoms with E-state index in [1.54, 1.807) is 0 Å². The molecule has 2 aliphatic carbocycles. The highest BCUT2D eigenvalue weighted by molar-refractivity contribution is 5.75. The Kier molecular flexibility index (Phi) is 6.60. The maximum atomic E-state index is 10.3. The Balaban J connectivity index is 1.02. The van der Waals surface area contributed by atoms with E-state index >= 15 is 0 Å². The lowest BCUT2D eigenvalue weighted by molar-refractivity contribution is -0.0348. The monoisotopic (exact) mass is 445 g/mol. The first kappa shape index (κ1) is 22.4. The van der Waals surface area contributed by atoms with E-state index < -0.39 is 24.5 Å². The summed E-state index contributed by atoms with van der Waals surface area (Å²) in [5, 5.41) is 30.6. The van der Waals surface area contributed by atoms with Crippen LogP contribution in [0.2, 0.25) is 0 Å². The molecule has 1 saturated heterocycles. The van der Waals surface area contributed by atoms with Gasteiger partial charge in [-0.25, -0.2) is 0 Å². The van der Waals surface area contributed by atoms with Gasteiger partial charge in [-0.1, -0.05) is 12.5 Å². The van der Waals surface area contributed by atoms with Gasteiger partial charge in [0.05, 0.1) is 17.5 Å². The van der Waals surface area contributed by atoms with E-state index in [2.05, 4.69) is 46.1 Å². The third kappa shape index (κ3) is 4.49. The van der Waals surface area contributed by atoms with E-state index in [1.807, 2.05) is 0 Å². The summed E-state index contributed by atoms with van der Waals surface area (Å²) in [4.78, 5) is 2.27. The Hall–Kier alpha value is -1.42. The molecule has 5 atom stereocenters. The van der Waals surface area contributed by atoms with E-state index in [0.29, 0.717) is 18.8 Å². The van der Waals surface area contributed by atoms with E-state index in [4.69, 9.17) is 10.5 Å². The van der Waals surface area contributed by atoms with Crippen LogP contribution in [-0.2, 0) is 4.74 Å². The number of fused-ring (bicyclic) bond motifs is 1. The van der Waals surface area contributed by atoms with Crippen molar-refractivity contribution in [3.63, 3.8) is 0 Å². The van der Waals surface area contributed by atoms with Crippen LogP contribution in [-0.4, -0.2) is 72.1 Å². The first-order valence-electron chi connectivity index (χ1n) is 12.3.